The Labute approximate surface area is 84.8 Å². The normalized spacial score (nSPS) is 19.4. The molecule has 0 atom stereocenters. The largest absolute Gasteiger partial charge is 0.381 e. The zero-order valence-electron chi connectivity index (χ0n) is 9.12. The van der Waals surface area contributed by atoms with Crippen LogP contribution in [0.5, 0.6) is 0 Å². The maximum Gasteiger partial charge on any atom is 0.253 e. The topological polar surface area (TPSA) is 49.8 Å². The standard InChI is InChI=1S/C10H19NO3/c1-10(2,13)9(12)11(3)8-4-6-14-7-5-8/h8,13H,4-7H2,1-3H3. The van der Waals surface area contributed by atoms with Gasteiger partial charge in [0.1, 0.15) is 5.60 Å². The summed E-state index contributed by atoms with van der Waals surface area (Å²) in [4.78, 5) is 13.3. The van der Waals surface area contributed by atoms with E-state index in [9.17, 15) is 9.90 Å². The first-order valence-corrected chi connectivity index (χ1v) is 5.00. The number of rotatable bonds is 2. The van der Waals surface area contributed by atoms with Crippen molar-refractivity contribution < 1.29 is 14.6 Å². The maximum absolute atomic E-state index is 11.7. The zero-order chi connectivity index (χ0) is 10.8. The summed E-state index contributed by atoms with van der Waals surface area (Å²) in [6.45, 7) is 4.44. The van der Waals surface area contributed by atoms with Crippen LogP contribution in [-0.2, 0) is 9.53 Å². The highest BCUT2D eigenvalue weighted by Crippen LogP contribution is 2.16. The van der Waals surface area contributed by atoms with Gasteiger partial charge in [0, 0.05) is 26.3 Å². The van der Waals surface area contributed by atoms with Gasteiger partial charge < -0.3 is 14.7 Å². The van der Waals surface area contributed by atoms with Crippen LogP contribution in [0, 0.1) is 0 Å². The van der Waals surface area contributed by atoms with Gasteiger partial charge >= 0.3 is 0 Å². The van der Waals surface area contributed by atoms with E-state index < -0.39 is 5.60 Å². The molecule has 0 spiro atoms. The summed E-state index contributed by atoms with van der Waals surface area (Å²) in [5, 5.41) is 9.56. The van der Waals surface area contributed by atoms with Crippen molar-refractivity contribution in [3.05, 3.63) is 0 Å². The number of likely N-dealkylation sites (N-methyl/N-ethyl adjacent to an activating group) is 1. The predicted octanol–water partition coefficient (Wildman–Crippen LogP) is 0.395. The fourth-order valence-electron chi connectivity index (χ4n) is 1.67. The third kappa shape index (κ3) is 2.69. The number of hydrogen-bond donors (Lipinski definition) is 1. The monoisotopic (exact) mass is 201 g/mol. The van der Waals surface area contributed by atoms with Crippen LogP contribution in [0.3, 0.4) is 0 Å². The van der Waals surface area contributed by atoms with Crippen LogP contribution in [0.4, 0.5) is 0 Å². The molecule has 0 aromatic carbocycles. The molecule has 4 nitrogen and oxygen atoms in total. The van der Waals surface area contributed by atoms with Crippen molar-refractivity contribution in [2.24, 2.45) is 0 Å². The number of carbonyl (C=O) groups excluding carboxylic acids is 1. The Bertz CT molecular complexity index is 204. The summed E-state index contributed by atoms with van der Waals surface area (Å²) < 4.78 is 5.21. The van der Waals surface area contributed by atoms with Crippen molar-refractivity contribution in [3.8, 4) is 0 Å². The molecule has 0 radical (unpaired) electrons. The molecule has 1 N–H and O–H groups in total. The van der Waals surface area contributed by atoms with Gasteiger partial charge in [-0.15, -0.1) is 0 Å². The van der Waals surface area contributed by atoms with Gasteiger partial charge in [0.25, 0.3) is 5.91 Å². The lowest BCUT2D eigenvalue weighted by molar-refractivity contribution is -0.150. The number of amides is 1. The van der Waals surface area contributed by atoms with Crippen molar-refractivity contribution in [2.75, 3.05) is 20.3 Å². The number of aliphatic hydroxyl groups is 1. The minimum atomic E-state index is -1.27. The highest BCUT2D eigenvalue weighted by molar-refractivity contribution is 5.84. The van der Waals surface area contributed by atoms with E-state index >= 15 is 0 Å². The fourth-order valence-corrected chi connectivity index (χ4v) is 1.67. The van der Waals surface area contributed by atoms with E-state index in [1.54, 1.807) is 11.9 Å². The van der Waals surface area contributed by atoms with Crippen LogP contribution in [-0.4, -0.2) is 47.8 Å². The highest BCUT2D eigenvalue weighted by Gasteiger charge is 2.31. The molecule has 0 unspecified atom stereocenters. The molecule has 1 aliphatic heterocycles. The average Bonchev–Trinajstić information content (AvgIpc) is 2.15. The van der Waals surface area contributed by atoms with Gasteiger partial charge in [-0.05, 0) is 26.7 Å². The first kappa shape index (κ1) is 11.5. The lowest BCUT2D eigenvalue weighted by Crippen LogP contribution is -2.49. The summed E-state index contributed by atoms with van der Waals surface area (Å²) >= 11 is 0. The van der Waals surface area contributed by atoms with Crippen molar-refractivity contribution in [3.63, 3.8) is 0 Å². The molecule has 1 heterocycles. The Morgan fingerprint density at radius 3 is 2.36 bits per heavy atom. The van der Waals surface area contributed by atoms with Gasteiger partial charge in [-0.1, -0.05) is 0 Å². The molecular formula is C10H19NO3. The van der Waals surface area contributed by atoms with Gasteiger partial charge in [0.15, 0.2) is 0 Å². The molecule has 0 aromatic heterocycles. The Morgan fingerprint density at radius 1 is 1.43 bits per heavy atom. The van der Waals surface area contributed by atoms with Crippen LogP contribution in [0.1, 0.15) is 26.7 Å². The van der Waals surface area contributed by atoms with Crippen LogP contribution in [0.15, 0.2) is 0 Å². The summed E-state index contributed by atoms with van der Waals surface area (Å²) in [7, 11) is 1.75. The summed E-state index contributed by atoms with van der Waals surface area (Å²) in [5.41, 5.74) is -1.27. The Balaban J connectivity index is 2.55. The van der Waals surface area contributed by atoms with Gasteiger partial charge in [0.05, 0.1) is 0 Å². The molecule has 1 aliphatic rings. The highest BCUT2D eigenvalue weighted by atomic mass is 16.5. The SMILES string of the molecule is CN(C(=O)C(C)(C)O)C1CCOCC1. The molecule has 0 aromatic rings. The molecule has 0 aliphatic carbocycles. The average molecular weight is 201 g/mol. The molecule has 0 bridgehead atoms. The quantitative estimate of drug-likeness (QED) is 0.703. The molecule has 1 amide bonds. The molecule has 82 valence electrons. The molecule has 4 heteroatoms. The lowest BCUT2D eigenvalue weighted by atomic mass is 10.0. The maximum atomic E-state index is 11.7. The number of ether oxygens (including phenoxy) is 1. The third-order valence-electron chi connectivity index (χ3n) is 2.58. The molecule has 1 fully saturated rings. The van der Waals surface area contributed by atoms with Gasteiger partial charge in [-0.2, -0.15) is 0 Å². The Morgan fingerprint density at radius 2 is 1.93 bits per heavy atom. The van der Waals surface area contributed by atoms with Gasteiger partial charge in [-0.25, -0.2) is 0 Å². The number of hydrogen-bond acceptors (Lipinski definition) is 3. The second-order valence-corrected chi connectivity index (χ2v) is 4.32. The number of nitrogens with zero attached hydrogens (tertiary/aromatic N) is 1. The predicted molar refractivity (Wildman–Crippen MR) is 52.9 cm³/mol. The van der Waals surface area contributed by atoms with Crippen molar-refractivity contribution >= 4 is 5.91 Å². The minimum Gasteiger partial charge on any atom is -0.381 e. The summed E-state index contributed by atoms with van der Waals surface area (Å²) in [6, 6.07) is 0.211. The second kappa shape index (κ2) is 4.28. The smallest absolute Gasteiger partial charge is 0.253 e. The Hall–Kier alpha value is -0.610. The first-order valence-electron chi connectivity index (χ1n) is 5.00. The summed E-state index contributed by atoms with van der Waals surface area (Å²) in [6.07, 6.45) is 1.72. The fraction of sp³-hybridized carbons (Fsp3) is 0.900. The number of carbonyl (C=O) groups is 1. The molecule has 1 saturated heterocycles. The van der Waals surface area contributed by atoms with Gasteiger partial charge in [0.2, 0.25) is 0 Å². The van der Waals surface area contributed by atoms with E-state index in [1.807, 2.05) is 0 Å². The van der Waals surface area contributed by atoms with Crippen LogP contribution in [0.25, 0.3) is 0 Å². The minimum absolute atomic E-state index is 0.211. The molecule has 0 saturated carbocycles. The van der Waals surface area contributed by atoms with E-state index in [1.165, 1.54) is 13.8 Å². The van der Waals surface area contributed by atoms with E-state index in [4.69, 9.17) is 4.74 Å². The van der Waals surface area contributed by atoms with E-state index in [2.05, 4.69) is 0 Å². The van der Waals surface area contributed by atoms with E-state index in [0.29, 0.717) is 13.2 Å². The molecule has 1 rings (SSSR count). The summed E-state index contributed by atoms with van der Waals surface area (Å²) in [5.74, 6) is -0.218. The second-order valence-electron chi connectivity index (χ2n) is 4.32. The first-order chi connectivity index (χ1) is 6.43. The van der Waals surface area contributed by atoms with Gasteiger partial charge in [-0.3, -0.25) is 4.79 Å². The Kier molecular flexibility index (Phi) is 3.50. The van der Waals surface area contributed by atoms with E-state index in [0.717, 1.165) is 12.8 Å². The third-order valence-corrected chi connectivity index (χ3v) is 2.58. The molecule has 14 heavy (non-hydrogen) atoms. The molecular weight excluding hydrogens is 182 g/mol. The van der Waals surface area contributed by atoms with Crippen molar-refractivity contribution in [1.82, 2.24) is 4.90 Å². The van der Waals surface area contributed by atoms with Crippen LogP contribution in [0.2, 0.25) is 0 Å². The van der Waals surface area contributed by atoms with Crippen molar-refractivity contribution in [1.29, 1.82) is 0 Å². The van der Waals surface area contributed by atoms with Crippen LogP contribution >= 0.6 is 0 Å². The zero-order valence-corrected chi connectivity index (χ0v) is 9.12. The van der Waals surface area contributed by atoms with Crippen molar-refractivity contribution in [2.45, 2.75) is 38.3 Å². The van der Waals surface area contributed by atoms with E-state index in [-0.39, 0.29) is 11.9 Å². The lowest BCUT2D eigenvalue weighted by Gasteiger charge is -2.34. The van der Waals surface area contributed by atoms with Crippen LogP contribution < -0.4 is 0 Å².